The van der Waals surface area contributed by atoms with Gasteiger partial charge in [-0.2, -0.15) is 0 Å². The van der Waals surface area contributed by atoms with Gasteiger partial charge in [-0.3, -0.25) is 9.69 Å². The summed E-state index contributed by atoms with van der Waals surface area (Å²) >= 11 is 0. The maximum Gasteiger partial charge on any atom is 0.267 e. The third-order valence-electron chi connectivity index (χ3n) is 4.02. The van der Waals surface area contributed by atoms with Crippen LogP contribution in [0.15, 0.2) is 18.2 Å². The summed E-state index contributed by atoms with van der Waals surface area (Å²) in [6.45, 7) is 7.65. The Labute approximate surface area is 115 Å². The van der Waals surface area contributed by atoms with Crippen molar-refractivity contribution in [2.24, 2.45) is 17.6 Å². The molecule has 1 aliphatic rings. The van der Waals surface area contributed by atoms with Gasteiger partial charge in [-0.25, -0.2) is 4.98 Å². The van der Waals surface area contributed by atoms with Crippen LogP contribution in [0, 0.1) is 11.8 Å². The number of hydrogen-bond donors (Lipinski definition) is 1. The van der Waals surface area contributed by atoms with Crippen LogP contribution in [0.1, 0.15) is 42.9 Å². The Morgan fingerprint density at radius 3 is 2.68 bits per heavy atom. The van der Waals surface area contributed by atoms with Crippen LogP contribution in [0.3, 0.4) is 0 Å². The second-order valence-corrected chi connectivity index (χ2v) is 5.74. The molecule has 4 heteroatoms. The number of amides is 1. The van der Waals surface area contributed by atoms with Gasteiger partial charge in [-0.05, 0) is 49.9 Å². The van der Waals surface area contributed by atoms with Crippen LogP contribution in [-0.4, -0.2) is 28.9 Å². The second kappa shape index (κ2) is 6.15. The summed E-state index contributed by atoms with van der Waals surface area (Å²) < 4.78 is 0. The fourth-order valence-electron chi connectivity index (χ4n) is 2.71. The van der Waals surface area contributed by atoms with E-state index in [4.69, 9.17) is 5.73 Å². The summed E-state index contributed by atoms with van der Waals surface area (Å²) in [4.78, 5) is 17.8. The molecular formula is C15H23N3O. The van der Waals surface area contributed by atoms with Gasteiger partial charge < -0.3 is 5.73 Å². The number of piperidine rings is 1. The predicted molar refractivity (Wildman–Crippen MR) is 75.6 cm³/mol. The molecule has 1 aromatic heterocycles. The SMILES string of the molecule is CC(C)C1CCN(Cc2cccc(C(N)=O)n2)CC1. The lowest BCUT2D eigenvalue weighted by atomic mass is 9.87. The van der Waals surface area contributed by atoms with Gasteiger partial charge >= 0.3 is 0 Å². The number of nitrogens with zero attached hydrogens (tertiary/aromatic N) is 2. The van der Waals surface area contributed by atoms with Crippen LogP contribution < -0.4 is 5.73 Å². The summed E-state index contributed by atoms with van der Waals surface area (Å²) in [5, 5.41) is 0. The van der Waals surface area contributed by atoms with Gasteiger partial charge in [0.1, 0.15) is 5.69 Å². The molecule has 0 radical (unpaired) electrons. The minimum absolute atomic E-state index is 0.356. The molecule has 2 rings (SSSR count). The zero-order valence-electron chi connectivity index (χ0n) is 11.8. The predicted octanol–water partition coefficient (Wildman–Crippen LogP) is 2.05. The summed E-state index contributed by atoms with van der Waals surface area (Å²) in [6, 6.07) is 5.47. The van der Waals surface area contributed by atoms with E-state index >= 15 is 0 Å². The average molecular weight is 261 g/mol. The number of carbonyl (C=O) groups is 1. The van der Waals surface area contributed by atoms with E-state index < -0.39 is 5.91 Å². The van der Waals surface area contributed by atoms with Crippen molar-refractivity contribution >= 4 is 5.91 Å². The molecule has 0 atom stereocenters. The zero-order chi connectivity index (χ0) is 13.8. The van der Waals surface area contributed by atoms with Crippen molar-refractivity contribution in [2.75, 3.05) is 13.1 Å². The molecule has 4 nitrogen and oxygen atoms in total. The van der Waals surface area contributed by atoms with Crippen LogP contribution in [0.25, 0.3) is 0 Å². The van der Waals surface area contributed by atoms with E-state index in [2.05, 4.69) is 23.7 Å². The van der Waals surface area contributed by atoms with E-state index in [0.717, 1.165) is 37.2 Å². The molecule has 0 saturated carbocycles. The molecule has 0 aliphatic carbocycles. The number of primary amides is 1. The molecule has 0 spiro atoms. The molecule has 1 fully saturated rings. The van der Waals surface area contributed by atoms with Gasteiger partial charge in [0.25, 0.3) is 5.91 Å². The minimum atomic E-state index is -0.458. The summed E-state index contributed by atoms with van der Waals surface area (Å²) in [5.74, 6) is 1.17. The maximum absolute atomic E-state index is 11.1. The highest BCUT2D eigenvalue weighted by Gasteiger charge is 2.21. The van der Waals surface area contributed by atoms with Crippen LogP contribution in [0.2, 0.25) is 0 Å². The van der Waals surface area contributed by atoms with Gasteiger partial charge in [-0.15, -0.1) is 0 Å². The van der Waals surface area contributed by atoms with Crippen LogP contribution >= 0.6 is 0 Å². The standard InChI is InChI=1S/C15H23N3O/c1-11(2)12-6-8-18(9-7-12)10-13-4-3-5-14(17-13)15(16)19/h3-5,11-12H,6-10H2,1-2H3,(H2,16,19). The number of likely N-dealkylation sites (tertiary alicyclic amines) is 1. The van der Waals surface area contributed by atoms with Crippen LogP contribution in [-0.2, 0) is 6.54 Å². The van der Waals surface area contributed by atoms with Crippen molar-refractivity contribution in [2.45, 2.75) is 33.2 Å². The first kappa shape index (κ1) is 14.0. The van der Waals surface area contributed by atoms with E-state index in [1.54, 1.807) is 6.07 Å². The average Bonchev–Trinajstić information content (AvgIpc) is 2.39. The van der Waals surface area contributed by atoms with Gasteiger partial charge in [-0.1, -0.05) is 19.9 Å². The summed E-state index contributed by atoms with van der Waals surface area (Å²) in [7, 11) is 0. The molecule has 1 saturated heterocycles. The van der Waals surface area contributed by atoms with Crippen LogP contribution in [0.5, 0.6) is 0 Å². The Balaban J connectivity index is 1.92. The Morgan fingerprint density at radius 2 is 2.11 bits per heavy atom. The number of aromatic nitrogens is 1. The maximum atomic E-state index is 11.1. The number of rotatable bonds is 4. The van der Waals surface area contributed by atoms with Gasteiger partial charge in [0, 0.05) is 6.54 Å². The molecule has 104 valence electrons. The largest absolute Gasteiger partial charge is 0.364 e. The fraction of sp³-hybridized carbons (Fsp3) is 0.600. The Morgan fingerprint density at radius 1 is 1.42 bits per heavy atom. The molecule has 0 aromatic carbocycles. The minimum Gasteiger partial charge on any atom is -0.364 e. The quantitative estimate of drug-likeness (QED) is 0.902. The Kier molecular flexibility index (Phi) is 4.53. The van der Waals surface area contributed by atoms with Crippen molar-refractivity contribution in [1.29, 1.82) is 0 Å². The normalized spacial score (nSPS) is 17.8. The fourth-order valence-corrected chi connectivity index (χ4v) is 2.71. The van der Waals surface area contributed by atoms with Crippen molar-refractivity contribution in [3.8, 4) is 0 Å². The highest BCUT2D eigenvalue weighted by Crippen LogP contribution is 2.25. The molecule has 0 unspecified atom stereocenters. The van der Waals surface area contributed by atoms with E-state index in [1.807, 2.05) is 12.1 Å². The zero-order valence-corrected chi connectivity index (χ0v) is 11.8. The van der Waals surface area contributed by atoms with E-state index in [9.17, 15) is 4.79 Å². The third kappa shape index (κ3) is 3.77. The molecule has 1 aromatic rings. The van der Waals surface area contributed by atoms with Crippen molar-refractivity contribution in [1.82, 2.24) is 9.88 Å². The van der Waals surface area contributed by atoms with Crippen LogP contribution in [0.4, 0.5) is 0 Å². The summed E-state index contributed by atoms with van der Waals surface area (Å²) in [6.07, 6.45) is 2.51. The number of pyridine rings is 1. The van der Waals surface area contributed by atoms with E-state index in [-0.39, 0.29) is 0 Å². The highest BCUT2D eigenvalue weighted by atomic mass is 16.1. The highest BCUT2D eigenvalue weighted by molar-refractivity contribution is 5.90. The molecule has 1 aliphatic heterocycles. The van der Waals surface area contributed by atoms with E-state index in [1.165, 1.54) is 12.8 Å². The molecule has 2 N–H and O–H groups in total. The number of nitrogens with two attached hydrogens (primary N) is 1. The number of hydrogen-bond acceptors (Lipinski definition) is 3. The monoisotopic (exact) mass is 261 g/mol. The Hall–Kier alpha value is -1.42. The van der Waals surface area contributed by atoms with Crippen molar-refractivity contribution < 1.29 is 4.79 Å². The first-order valence-electron chi connectivity index (χ1n) is 7.04. The lowest BCUT2D eigenvalue weighted by Gasteiger charge is -2.33. The topological polar surface area (TPSA) is 59.2 Å². The second-order valence-electron chi connectivity index (χ2n) is 5.74. The molecule has 0 bridgehead atoms. The first-order valence-corrected chi connectivity index (χ1v) is 7.04. The smallest absolute Gasteiger partial charge is 0.267 e. The molecular weight excluding hydrogens is 238 g/mol. The molecule has 2 heterocycles. The Bertz CT molecular complexity index is 437. The van der Waals surface area contributed by atoms with Gasteiger partial charge in [0.2, 0.25) is 0 Å². The lowest BCUT2D eigenvalue weighted by molar-refractivity contribution is 0.0994. The third-order valence-corrected chi connectivity index (χ3v) is 4.02. The van der Waals surface area contributed by atoms with Gasteiger partial charge in [0.15, 0.2) is 0 Å². The molecule has 19 heavy (non-hydrogen) atoms. The van der Waals surface area contributed by atoms with Crippen molar-refractivity contribution in [3.05, 3.63) is 29.6 Å². The summed E-state index contributed by atoms with van der Waals surface area (Å²) in [5.41, 5.74) is 6.54. The first-order chi connectivity index (χ1) is 9.06. The van der Waals surface area contributed by atoms with Gasteiger partial charge in [0.05, 0.1) is 5.69 Å². The lowest BCUT2D eigenvalue weighted by Crippen LogP contribution is -2.35. The number of carbonyl (C=O) groups excluding carboxylic acids is 1. The molecule has 1 amide bonds. The van der Waals surface area contributed by atoms with E-state index in [0.29, 0.717) is 5.69 Å². The van der Waals surface area contributed by atoms with Crippen molar-refractivity contribution in [3.63, 3.8) is 0 Å².